The first-order chi connectivity index (χ1) is 15.0. The second kappa shape index (κ2) is 10.9. The van der Waals surface area contributed by atoms with E-state index in [-0.39, 0.29) is 18.8 Å². The average molecular weight is 421 g/mol. The highest BCUT2D eigenvalue weighted by molar-refractivity contribution is 6.00. The van der Waals surface area contributed by atoms with Gasteiger partial charge in [0, 0.05) is 0 Å². The monoisotopic (exact) mass is 421 g/mol. The number of ether oxygens (including phenoxy) is 1. The highest BCUT2D eigenvalue weighted by atomic mass is 19.1. The van der Waals surface area contributed by atoms with E-state index in [0.29, 0.717) is 24.3 Å². The molecule has 3 aromatic carbocycles. The normalized spacial score (nSPS) is 11.2. The number of carboxylic acids is 1. The molecular formula is C25H24FNO4. The van der Waals surface area contributed by atoms with Crippen LogP contribution in [0.2, 0.25) is 0 Å². The van der Waals surface area contributed by atoms with Crippen LogP contribution in [-0.4, -0.2) is 30.0 Å². The average Bonchev–Trinajstić information content (AvgIpc) is 2.77. The number of benzene rings is 3. The Balaban J connectivity index is 1.52. The topological polar surface area (TPSA) is 68.1 Å². The molecule has 1 N–H and O–H groups in total. The minimum Gasteiger partial charge on any atom is -0.490 e. The van der Waals surface area contributed by atoms with Gasteiger partial charge in [-0.2, -0.15) is 0 Å². The summed E-state index contributed by atoms with van der Waals surface area (Å²) in [6, 6.07) is 21.3. The van der Waals surface area contributed by atoms with Crippen molar-refractivity contribution in [2.45, 2.75) is 19.8 Å². The van der Waals surface area contributed by atoms with Gasteiger partial charge in [-0.05, 0) is 52.9 Å². The summed E-state index contributed by atoms with van der Waals surface area (Å²) < 4.78 is 18.7. The summed E-state index contributed by atoms with van der Waals surface area (Å²) in [5.41, 5.74) is 4.40. The summed E-state index contributed by atoms with van der Waals surface area (Å²) in [4.78, 5) is 16.2. The van der Waals surface area contributed by atoms with Gasteiger partial charge in [0.05, 0.1) is 12.1 Å². The molecule has 0 saturated carbocycles. The van der Waals surface area contributed by atoms with Crippen molar-refractivity contribution in [3.63, 3.8) is 0 Å². The largest absolute Gasteiger partial charge is 0.490 e. The third kappa shape index (κ3) is 6.67. The molecule has 0 spiro atoms. The van der Waals surface area contributed by atoms with Crippen molar-refractivity contribution >= 4 is 11.7 Å². The van der Waals surface area contributed by atoms with E-state index in [4.69, 9.17) is 14.7 Å². The van der Waals surface area contributed by atoms with Gasteiger partial charge in [0.15, 0.2) is 6.61 Å². The van der Waals surface area contributed by atoms with Crippen molar-refractivity contribution in [1.82, 2.24) is 0 Å². The highest BCUT2D eigenvalue weighted by Gasteiger charge is 2.05. The van der Waals surface area contributed by atoms with Gasteiger partial charge in [0.25, 0.3) is 0 Å². The van der Waals surface area contributed by atoms with Gasteiger partial charge in [0.2, 0.25) is 0 Å². The van der Waals surface area contributed by atoms with Crippen molar-refractivity contribution in [2.24, 2.45) is 5.16 Å². The van der Waals surface area contributed by atoms with Crippen LogP contribution in [0.15, 0.2) is 78.0 Å². The van der Waals surface area contributed by atoms with Crippen LogP contribution in [-0.2, 0) is 16.1 Å². The lowest BCUT2D eigenvalue weighted by Gasteiger charge is -2.08. The van der Waals surface area contributed by atoms with Crippen LogP contribution in [0, 0.1) is 5.82 Å². The maximum Gasteiger partial charge on any atom is 0.307 e. The van der Waals surface area contributed by atoms with Crippen LogP contribution in [0.1, 0.15) is 24.5 Å². The van der Waals surface area contributed by atoms with Crippen molar-refractivity contribution in [3.05, 3.63) is 89.7 Å². The zero-order chi connectivity index (χ0) is 22.1. The van der Waals surface area contributed by atoms with Crippen LogP contribution < -0.4 is 4.74 Å². The molecule has 0 aliphatic rings. The molecule has 6 heteroatoms. The lowest BCUT2D eigenvalue weighted by molar-refractivity contribution is -0.136. The second-order valence-electron chi connectivity index (χ2n) is 6.88. The number of carbonyl (C=O) groups is 1. The third-order valence-electron chi connectivity index (χ3n) is 4.60. The summed E-state index contributed by atoms with van der Waals surface area (Å²) in [5, 5.41) is 13.1. The highest BCUT2D eigenvalue weighted by Crippen LogP contribution is 2.21. The molecule has 3 rings (SSSR count). The molecule has 5 nitrogen and oxygen atoms in total. The van der Waals surface area contributed by atoms with E-state index in [1.165, 1.54) is 12.1 Å². The van der Waals surface area contributed by atoms with Crippen molar-refractivity contribution < 1.29 is 23.9 Å². The molecule has 0 aliphatic carbocycles. The molecule has 0 heterocycles. The van der Waals surface area contributed by atoms with Gasteiger partial charge in [-0.15, -0.1) is 0 Å². The lowest BCUT2D eigenvalue weighted by Crippen LogP contribution is -2.07. The fourth-order valence-corrected chi connectivity index (χ4v) is 3.06. The summed E-state index contributed by atoms with van der Waals surface area (Å²) in [7, 11) is 0. The smallest absolute Gasteiger partial charge is 0.307 e. The number of nitrogens with zero attached hydrogens (tertiary/aromatic N) is 1. The van der Waals surface area contributed by atoms with E-state index >= 15 is 0 Å². The molecule has 160 valence electrons. The summed E-state index contributed by atoms with van der Waals surface area (Å²) in [5.74, 6) is -0.541. The first kappa shape index (κ1) is 22.0. The van der Waals surface area contributed by atoms with Crippen LogP contribution >= 0.6 is 0 Å². The molecule has 0 aromatic heterocycles. The SMILES string of the molecule is CC/C(=N\OCCOc1cccc(CC(=O)O)c1)c1ccc(-c2ccc(F)cc2)cc1. The number of carboxylic acid groups (broad SMARTS) is 1. The van der Waals surface area contributed by atoms with E-state index < -0.39 is 5.97 Å². The van der Waals surface area contributed by atoms with Crippen molar-refractivity contribution in [2.75, 3.05) is 13.2 Å². The Bertz CT molecular complexity index is 1030. The van der Waals surface area contributed by atoms with E-state index in [9.17, 15) is 9.18 Å². The Morgan fingerprint density at radius 2 is 1.65 bits per heavy atom. The molecule has 0 unspecified atom stereocenters. The predicted molar refractivity (Wildman–Crippen MR) is 118 cm³/mol. The maximum absolute atomic E-state index is 13.1. The number of hydrogen-bond donors (Lipinski definition) is 1. The van der Waals surface area contributed by atoms with E-state index in [1.807, 2.05) is 31.2 Å². The van der Waals surface area contributed by atoms with Gasteiger partial charge >= 0.3 is 5.97 Å². The molecule has 0 aliphatic heterocycles. The minimum absolute atomic E-state index is 0.0438. The van der Waals surface area contributed by atoms with Crippen molar-refractivity contribution in [3.8, 4) is 16.9 Å². The number of aliphatic carboxylic acids is 1. The van der Waals surface area contributed by atoms with Gasteiger partial charge in [-0.1, -0.05) is 60.6 Å². The second-order valence-corrected chi connectivity index (χ2v) is 6.88. The molecule has 0 amide bonds. The number of oxime groups is 1. The van der Waals surface area contributed by atoms with Gasteiger partial charge in [0.1, 0.15) is 18.2 Å². The van der Waals surface area contributed by atoms with Crippen LogP contribution in [0.4, 0.5) is 4.39 Å². The zero-order valence-corrected chi connectivity index (χ0v) is 17.3. The molecule has 0 bridgehead atoms. The molecule has 0 atom stereocenters. The van der Waals surface area contributed by atoms with Crippen LogP contribution in [0.5, 0.6) is 5.75 Å². The molecular weight excluding hydrogens is 397 g/mol. The zero-order valence-electron chi connectivity index (χ0n) is 17.3. The van der Waals surface area contributed by atoms with Crippen molar-refractivity contribution in [1.29, 1.82) is 0 Å². The maximum atomic E-state index is 13.1. The van der Waals surface area contributed by atoms with Gasteiger partial charge in [-0.25, -0.2) is 4.39 Å². The number of rotatable bonds is 10. The minimum atomic E-state index is -0.882. The van der Waals surface area contributed by atoms with Crippen LogP contribution in [0.25, 0.3) is 11.1 Å². The molecule has 3 aromatic rings. The number of halogens is 1. The summed E-state index contributed by atoms with van der Waals surface area (Å²) in [6.45, 7) is 2.56. The third-order valence-corrected chi connectivity index (χ3v) is 4.60. The fourth-order valence-electron chi connectivity index (χ4n) is 3.06. The quantitative estimate of drug-likeness (QED) is 0.273. The molecule has 0 radical (unpaired) electrons. The first-order valence-corrected chi connectivity index (χ1v) is 10.0. The standard InChI is InChI=1S/C25H24FNO4/c1-2-24(21-8-6-19(7-9-21)20-10-12-22(26)13-11-20)27-31-15-14-30-23-5-3-4-18(16-23)17-25(28)29/h3-13,16H,2,14-15,17H2,1H3,(H,28,29)/b27-24+. The first-order valence-electron chi connectivity index (χ1n) is 10.0. The van der Waals surface area contributed by atoms with E-state index in [2.05, 4.69) is 5.16 Å². The van der Waals surface area contributed by atoms with Crippen LogP contribution in [0.3, 0.4) is 0 Å². The summed E-state index contributed by atoms with van der Waals surface area (Å²) >= 11 is 0. The molecule has 0 saturated heterocycles. The molecule has 31 heavy (non-hydrogen) atoms. The lowest BCUT2D eigenvalue weighted by atomic mass is 10.0. The van der Waals surface area contributed by atoms with E-state index in [0.717, 1.165) is 22.4 Å². The Morgan fingerprint density at radius 3 is 2.29 bits per heavy atom. The Kier molecular flexibility index (Phi) is 7.76. The Labute approximate surface area is 180 Å². The predicted octanol–water partition coefficient (Wildman–Crippen LogP) is 5.33. The Hall–Kier alpha value is -3.67. The summed E-state index contributed by atoms with van der Waals surface area (Å²) in [6.07, 6.45) is 0.659. The van der Waals surface area contributed by atoms with Gasteiger partial charge < -0.3 is 14.7 Å². The van der Waals surface area contributed by atoms with Gasteiger partial charge in [-0.3, -0.25) is 4.79 Å². The molecule has 0 fully saturated rings. The van der Waals surface area contributed by atoms with E-state index in [1.54, 1.807) is 36.4 Å². The fraction of sp³-hybridized carbons (Fsp3) is 0.200. The Morgan fingerprint density at radius 1 is 0.968 bits per heavy atom. The number of hydrogen-bond acceptors (Lipinski definition) is 4.